The molecule has 0 bridgehead atoms. The van der Waals surface area contributed by atoms with Crippen molar-refractivity contribution < 1.29 is 9.53 Å². The molecular formula is C14H16ClN3O2S. The first-order chi connectivity index (χ1) is 10.0. The normalized spacial score (nSPS) is 11.9. The molecule has 2 heterocycles. The average Bonchev–Trinajstić information content (AvgIpc) is 2.72. The zero-order chi connectivity index (χ0) is 15.4. The monoisotopic (exact) mass is 325 g/mol. The number of amides is 1. The maximum absolute atomic E-state index is 12.3. The first kappa shape index (κ1) is 15.9. The van der Waals surface area contributed by atoms with E-state index in [1.165, 1.54) is 17.5 Å². The lowest BCUT2D eigenvalue weighted by Gasteiger charge is -2.05. The molecule has 5 nitrogen and oxygen atoms in total. The SMILES string of the molecule is COCCn1c(C)c(C)s/c1=N\C(=O)c1cccnc1Cl. The van der Waals surface area contributed by atoms with Crippen LogP contribution >= 0.6 is 22.9 Å². The van der Waals surface area contributed by atoms with Gasteiger partial charge < -0.3 is 9.30 Å². The Balaban J connectivity index is 2.43. The van der Waals surface area contributed by atoms with Gasteiger partial charge >= 0.3 is 0 Å². The van der Waals surface area contributed by atoms with Crippen molar-refractivity contribution >= 4 is 28.8 Å². The van der Waals surface area contributed by atoms with Gasteiger partial charge in [0.15, 0.2) is 4.80 Å². The molecule has 0 aliphatic rings. The van der Waals surface area contributed by atoms with Gasteiger partial charge in [-0.3, -0.25) is 4.79 Å². The van der Waals surface area contributed by atoms with Crippen LogP contribution in [0.15, 0.2) is 23.3 Å². The van der Waals surface area contributed by atoms with Gasteiger partial charge in [-0.2, -0.15) is 4.99 Å². The second-order valence-electron chi connectivity index (χ2n) is 4.43. The van der Waals surface area contributed by atoms with Gasteiger partial charge in [-0.05, 0) is 26.0 Å². The first-order valence-electron chi connectivity index (χ1n) is 6.40. The quantitative estimate of drug-likeness (QED) is 0.812. The van der Waals surface area contributed by atoms with Crippen molar-refractivity contribution in [1.29, 1.82) is 0 Å². The van der Waals surface area contributed by atoms with E-state index in [0.29, 0.717) is 23.5 Å². The zero-order valence-electron chi connectivity index (χ0n) is 12.1. The molecule has 0 aromatic carbocycles. The highest BCUT2D eigenvalue weighted by Crippen LogP contribution is 2.14. The Labute approximate surface area is 131 Å². The number of ether oxygens (including phenoxy) is 1. The Morgan fingerprint density at radius 3 is 2.95 bits per heavy atom. The minimum atomic E-state index is -0.388. The van der Waals surface area contributed by atoms with E-state index in [4.69, 9.17) is 16.3 Å². The Bertz CT molecular complexity index is 721. The number of hydrogen-bond donors (Lipinski definition) is 0. The van der Waals surface area contributed by atoms with Crippen LogP contribution in [-0.4, -0.2) is 29.2 Å². The van der Waals surface area contributed by atoms with E-state index in [1.807, 2.05) is 18.4 Å². The number of nitrogens with zero attached hydrogens (tertiary/aromatic N) is 3. The summed E-state index contributed by atoms with van der Waals surface area (Å²) in [4.78, 5) is 22.1. The zero-order valence-corrected chi connectivity index (χ0v) is 13.7. The third-order valence-electron chi connectivity index (χ3n) is 3.10. The number of rotatable bonds is 4. The molecule has 2 rings (SSSR count). The summed E-state index contributed by atoms with van der Waals surface area (Å²) < 4.78 is 7.08. The smallest absolute Gasteiger partial charge is 0.282 e. The number of aryl methyl sites for hydroxylation is 1. The van der Waals surface area contributed by atoms with Crippen LogP contribution in [0.2, 0.25) is 5.15 Å². The summed E-state index contributed by atoms with van der Waals surface area (Å²) in [5, 5.41) is 0.166. The molecule has 0 saturated carbocycles. The Hall–Kier alpha value is -1.50. The average molecular weight is 326 g/mol. The fourth-order valence-electron chi connectivity index (χ4n) is 1.82. The van der Waals surface area contributed by atoms with E-state index >= 15 is 0 Å². The van der Waals surface area contributed by atoms with Gasteiger partial charge in [0.2, 0.25) is 0 Å². The number of methoxy groups -OCH3 is 1. The predicted molar refractivity (Wildman–Crippen MR) is 82.8 cm³/mol. The van der Waals surface area contributed by atoms with Gasteiger partial charge in [0.1, 0.15) is 5.15 Å². The molecule has 7 heteroatoms. The summed E-state index contributed by atoms with van der Waals surface area (Å²) in [5.41, 5.74) is 1.39. The molecule has 2 aromatic heterocycles. The van der Waals surface area contributed by atoms with Gasteiger partial charge in [0.05, 0.1) is 12.2 Å². The summed E-state index contributed by atoms with van der Waals surface area (Å²) in [5.74, 6) is -0.388. The number of hydrogen-bond acceptors (Lipinski definition) is 4. The molecule has 2 aromatic rings. The van der Waals surface area contributed by atoms with Gasteiger partial charge in [0.25, 0.3) is 5.91 Å². The number of thiazole rings is 1. The minimum absolute atomic E-state index is 0.166. The van der Waals surface area contributed by atoms with Gasteiger partial charge in [-0.25, -0.2) is 4.98 Å². The van der Waals surface area contributed by atoms with Crippen molar-refractivity contribution in [3.8, 4) is 0 Å². The molecule has 0 spiro atoms. The summed E-state index contributed by atoms with van der Waals surface area (Å²) in [6, 6.07) is 3.28. The lowest BCUT2D eigenvalue weighted by Crippen LogP contribution is -2.20. The van der Waals surface area contributed by atoms with E-state index in [2.05, 4.69) is 9.98 Å². The van der Waals surface area contributed by atoms with Crippen molar-refractivity contribution in [1.82, 2.24) is 9.55 Å². The third kappa shape index (κ3) is 3.58. The molecule has 0 atom stereocenters. The minimum Gasteiger partial charge on any atom is -0.383 e. The molecule has 0 aliphatic carbocycles. The summed E-state index contributed by atoms with van der Waals surface area (Å²) in [7, 11) is 1.65. The highest BCUT2D eigenvalue weighted by Gasteiger charge is 2.12. The molecule has 0 aliphatic heterocycles. The Morgan fingerprint density at radius 1 is 1.52 bits per heavy atom. The summed E-state index contributed by atoms with van der Waals surface area (Å²) >= 11 is 7.41. The van der Waals surface area contributed by atoms with Crippen LogP contribution < -0.4 is 4.80 Å². The lowest BCUT2D eigenvalue weighted by molar-refractivity contribution is 0.0997. The largest absolute Gasteiger partial charge is 0.383 e. The Morgan fingerprint density at radius 2 is 2.29 bits per heavy atom. The molecular weight excluding hydrogens is 310 g/mol. The van der Waals surface area contributed by atoms with Crippen LogP contribution in [0, 0.1) is 13.8 Å². The standard InChI is InChI=1S/C14H16ClN3O2S/c1-9-10(2)21-14(18(9)7-8-20-3)17-13(19)11-5-4-6-16-12(11)15/h4-6H,7-8H2,1-3H3/b17-14-. The fourth-order valence-corrected chi connectivity index (χ4v) is 3.02. The molecule has 21 heavy (non-hydrogen) atoms. The van der Waals surface area contributed by atoms with Crippen LogP contribution in [0.25, 0.3) is 0 Å². The van der Waals surface area contributed by atoms with Crippen LogP contribution in [0.4, 0.5) is 0 Å². The third-order valence-corrected chi connectivity index (χ3v) is 4.49. The molecule has 0 unspecified atom stereocenters. The molecule has 0 radical (unpaired) electrons. The van der Waals surface area contributed by atoms with E-state index in [0.717, 1.165) is 10.6 Å². The highest BCUT2D eigenvalue weighted by atomic mass is 35.5. The van der Waals surface area contributed by atoms with Gasteiger partial charge in [0, 0.05) is 30.4 Å². The lowest BCUT2D eigenvalue weighted by atomic mass is 10.3. The summed E-state index contributed by atoms with van der Waals surface area (Å²) in [6.07, 6.45) is 1.54. The Kier molecular flexibility index (Phi) is 5.27. The number of carbonyl (C=O) groups excluding carboxylic acids is 1. The topological polar surface area (TPSA) is 56.5 Å². The van der Waals surface area contributed by atoms with Gasteiger partial charge in [-0.1, -0.05) is 11.6 Å². The number of aromatic nitrogens is 2. The van der Waals surface area contributed by atoms with Crippen LogP contribution in [-0.2, 0) is 11.3 Å². The van der Waals surface area contributed by atoms with Crippen LogP contribution in [0.1, 0.15) is 20.9 Å². The van der Waals surface area contributed by atoms with E-state index in [-0.39, 0.29) is 11.1 Å². The van der Waals surface area contributed by atoms with Crippen molar-refractivity contribution in [2.75, 3.05) is 13.7 Å². The molecule has 1 amide bonds. The highest BCUT2D eigenvalue weighted by molar-refractivity contribution is 7.09. The van der Waals surface area contributed by atoms with E-state index < -0.39 is 0 Å². The summed E-state index contributed by atoms with van der Waals surface area (Å²) in [6.45, 7) is 5.22. The van der Waals surface area contributed by atoms with E-state index in [9.17, 15) is 4.79 Å². The number of pyridine rings is 1. The van der Waals surface area contributed by atoms with Crippen molar-refractivity contribution in [3.05, 3.63) is 44.4 Å². The van der Waals surface area contributed by atoms with E-state index in [1.54, 1.807) is 19.2 Å². The second kappa shape index (κ2) is 6.98. The van der Waals surface area contributed by atoms with Crippen molar-refractivity contribution in [2.24, 2.45) is 4.99 Å². The molecule has 112 valence electrons. The van der Waals surface area contributed by atoms with Crippen molar-refractivity contribution in [2.45, 2.75) is 20.4 Å². The van der Waals surface area contributed by atoms with Crippen molar-refractivity contribution in [3.63, 3.8) is 0 Å². The van der Waals surface area contributed by atoms with Crippen LogP contribution in [0.5, 0.6) is 0 Å². The van der Waals surface area contributed by atoms with Gasteiger partial charge in [-0.15, -0.1) is 11.3 Å². The fraction of sp³-hybridized carbons (Fsp3) is 0.357. The molecule has 0 fully saturated rings. The predicted octanol–water partition coefficient (Wildman–Crippen LogP) is 2.60. The molecule has 0 saturated heterocycles. The first-order valence-corrected chi connectivity index (χ1v) is 7.59. The maximum atomic E-state index is 12.3. The maximum Gasteiger partial charge on any atom is 0.282 e. The number of halogens is 1. The molecule has 0 N–H and O–H groups in total. The second-order valence-corrected chi connectivity index (χ2v) is 5.97. The van der Waals surface area contributed by atoms with Crippen LogP contribution in [0.3, 0.4) is 0 Å². The number of carbonyl (C=O) groups is 1.